The number of carbonyl (C=O) groups is 2. The maximum absolute atomic E-state index is 12.8. The number of aromatic hydroxyl groups is 2. The van der Waals surface area contributed by atoms with Crippen LogP contribution in [0.4, 0.5) is 5.69 Å². The van der Waals surface area contributed by atoms with Crippen molar-refractivity contribution in [2.45, 2.75) is 13.8 Å². The molecule has 0 radical (unpaired) electrons. The van der Waals surface area contributed by atoms with Crippen molar-refractivity contribution in [3.63, 3.8) is 0 Å². The van der Waals surface area contributed by atoms with Crippen molar-refractivity contribution < 1.29 is 29.6 Å². The van der Waals surface area contributed by atoms with Crippen LogP contribution < -0.4 is 4.74 Å². The molecule has 1 saturated heterocycles. The number of rotatable bonds is 6. The molecule has 0 unspecified atom stereocenters. The first-order valence-corrected chi connectivity index (χ1v) is 9.97. The molecule has 2 aromatic carbocycles. The maximum Gasteiger partial charge on any atom is 0.338 e. The predicted octanol–water partition coefficient (Wildman–Crippen LogP) is 3.82. The number of amidine groups is 1. The summed E-state index contributed by atoms with van der Waals surface area (Å²) in [6.45, 7) is 4.33. The zero-order valence-corrected chi connectivity index (χ0v) is 17.1. The Morgan fingerprint density at radius 3 is 2.63 bits per heavy atom. The van der Waals surface area contributed by atoms with Gasteiger partial charge < -0.3 is 20.1 Å². The van der Waals surface area contributed by atoms with Gasteiger partial charge in [-0.2, -0.15) is 0 Å². The van der Waals surface area contributed by atoms with E-state index in [1.54, 1.807) is 32.1 Å². The summed E-state index contributed by atoms with van der Waals surface area (Å²) >= 11 is 1.12. The lowest BCUT2D eigenvalue weighted by atomic mass is 10.1. The molecule has 0 bridgehead atoms. The molecule has 1 amide bonds. The van der Waals surface area contributed by atoms with E-state index in [-0.39, 0.29) is 28.7 Å². The van der Waals surface area contributed by atoms with E-state index < -0.39 is 5.97 Å². The first-order chi connectivity index (χ1) is 14.3. The molecule has 1 aliphatic heterocycles. The molecule has 8 nitrogen and oxygen atoms in total. The molecule has 9 heteroatoms. The highest BCUT2D eigenvalue weighted by Crippen LogP contribution is 2.36. The van der Waals surface area contributed by atoms with Gasteiger partial charge in [0.1, 0.15) is 5.75 Å². The number of phenols is 2. The van der Waals surface area contributed by atoms with Gasteiger partial charge >= 0.3 is 5.97 Å². The number of phenolic OH excluding ortho intramolecular Hbond substituents is 2. The number of nitrogens with zero attached hydrogens (tertiary/aromatic N) is 2. The van der Waals surface area contributed by atoms with Gasteiger partial charge in [-0.15, -0.1) is 0 Å². The van der Waals surface area contributed by atoms with Crippen molar-refractivity contribution in [1.29, 1.82) is 0 Å². The molecule has 156 valence electrons. The number of carbonyl (C=O) groups excluding carboxylic acids is 1. The molecule has 0 saturated carbocycles. The van der Waals surface area contributed by atoms with Gasteiger partial charge in [-0.05, 0) is 67.6 Å². The number of ether oxygens (including phenoxy) is 1. The molecule has 30 heavy (non-hydrogen) atoms. The van der Waals surface area contributed by atoms with Crippen LogP contribution in [0, 0.1) is 0 Å². The number of benzene rings is 2. The first kappa shape index (κ1) is 21.3. The van der Waals surface area contributed by atoms with Crippen molar-refractivity contribution in [2.75, 3.05) is 13.2 Å². The van der Waals surface area contributed by atoms with Gasteiger partial charge in [-0.1, -0.05) is 6.07 Å². The zero-order chi connectivity index (χ0) is 21.8. The molecule has 3 N–H and O–H groups in total. The molecular weight excluding hydrogens is 408 g/mol. The Kier molecular flexibility index (Phi) is 6.31. The van der Waals surface area contributed by atoms with Crippen LogP contribution in [0.15, 0.2) is 46.3 Å². The number of hydrogen-bond acceptors (Lipinski definition) is 7. The number of hydrogen-bond donors (Lipinski definition) is 3. The van der Waals surface area contributed by atoms with E-state index in [0.717, 1.165) is 17.8 Å². The minimum absolute atomic E-state index is 0.00960. The molecule has 0 aliphatic carbocycles. The van der Waals surface area contributed by atoms with Crippen LogP contribution in [-0.4, -0.2) is 50.4 Å². The third-order valence-corrected chi connectivity index (χ3v) is 5.22. The predicted molar refractivity (Wildman–Crippen MR) is 114 cm³/mol. The second kappa shape index (κ2) is 8.91. The number of carboxylic acids is 1. The van der Waals surface area contributed by atoms with Gasteiger partial charge in [0.25, 0.3) is 5.91 Å². The number of aromatic carboxylic acids is 1. The van der Waals surface area contributed by atoms with Crippen molar-refractivity contribution in [2.24, 2.45) is 4.99 Å². The SMILES string of the molecule is CCOc1cc(/C=C2\SC(=Nc3ccc(O)cc3C(=O)O)N(CC)C2=O)ccc1O. The van der Waals surface area contributed by atoms with E-state index in [1.807, 2.05) is 0 Å². The van der Waals surface area contributed by atoms with E-state index >= 15 is 0 Å². The van der Waals surface area contributed by atoms with Gasteiger partial charge in [0.2, 0.25) is 0 Å². The van der Waals surface area contributed by atoms with E-state index in [1.165, 1.54) is 23.1 Å². The van der Waals surface area contributed by atoms with Crippen molar-refractivity contribution in [3.05, 3.63) is 52.4 Å². The summed E-state index contributed by atoms with van der Waals surface area (Å²) in [7, 11) is 0. The average molecular weight is 428 g/mol. The summed E-state index contributed by atoms with van der Waals surface area (Å²) in [5.74, 6) is -1.35. The average Bonchev–Trinajstić information content (AvgIpc) is 3.00. The van der Waals surface area contributed by atoms with Crippen LogP contribution in [0.1, 0.15) is 29.8 Å². The zero-order valence-electron chi connectivity index (χ0n) is 16.3. The van der Waals surface area contributed by atoms with Crippen LogP contribution in [0.2, 0.25) is 0 Å². The lowest BCUT2D eigenvalue weighted by Crippen LogP contribution is -2.28. The highest BCUT2D eigenvalue weighted by atomic mass is 32.2. The monoisotopic (exact) mass is 428 g/mol. The molecule has 3 rings (SSSR count). The lowest BCUT2D eigenvalue weighted by molar-refractivity contribution is -0.122. The lowest BCUT2D eigenvalue weighted by Gasteiger charge is -2.12. The molecular formula is C21H20N2O6S. The minimum Gasteiger partial charge on any atom is -0.508 e. The Morgan fingerprint density at radius 1 is 1.20 bits per heavy atom. The topological polar surface area (TPSA) is 120 Å². The van der Waals surface area contributed by atoms with E-state index in [9.17, 15) is 24.9 Å². The second-order valence-electron chi connectivity index (χ2n) is 6.22. The molecule has 1 heterocycles. The van der Waals surface area contributed by atoms with Gasteiger partial charge in [0, 0.05) is 6.54 Å². The first-order valence-electron chi connectivity index (χ1n) is 9.16. The molecule has 0 atom stereocenters. The minimum atomic E-state index is -1.23. The number of aliphatic imine (C=N–C) groups is 1. The maximum atomic E-state index is 12.8. The largest absolute Gasteiger partial charge is 0.508 e. The van der Waals surface area contributed by atoms with Crippen molar-refractivity contribution >= 4 is 40.6 Å². The molecule has 2 aromatic rings. The Balaban J connectivity index is 1.98. The second-order valence-corrected chi connectivity index (χ2v) is 7.23. The number of carboxylic acid groups (broad SMARTS) is 1. The quantitative estimate of drug-likeness (QED) is 0.598. The molecule has 1 fully saturated rings. The van der Waals surface area contributed by atoms with Crippen molar-refractivity contribution in [3.8, 4) is 17.2 Å². The summed E-state index contributed by atoms with van der Waals surface area (Å²) in [6, 6.07) is 8.62. The fraction of sp³-hybridized carbons (Fsp3) is 0.190. The third-order valence-electron chi connectivity index (χ3n) is 4.21. The van der Waals surface area contributed by atoms with Crippen LogP contribution in [0.5, 0.6) is 17.2 Å². The van der Waals surface area contributed by atoms with Crippen molar-refractivity contribution in [1.82, 2.24) is 4.90 Å². The van der Waals surface area contributed by atoms with Crippen LogP contribution in [0.25, 0.3) is 6.08 Å². The number of amides is 1. The van der Waals surface area contributed by atoms with E-state index in [4.69, 9.17) is 4.74 Å². The van der Waals surface area contributed by atoms with Crippen LogP contribution in [0.3, 0.4) is 0 Å². The third kappa shape index (κ3) is 4.41. The summed E-state index contributed by atoms with van der Waals surface area (Å²) in [5, 5.41) is 29.1. The number of thioether (sulfide) groups is 1. The normalized spacial score (nSPS) is 16.5. The summed E-state index contributed by atoms with van der Waals surface area (Å²) in [5.41, 5.74) is 0.641. The van der Waals surface area contributed by atoms with Gasteiger partial charge in [0.05, 0.1) is 22.8 Å². The molecule has 1 aliphatic rings. The Hall–Kier alpha value is -3.46. The summed E-state index contributed by atoms with van der Waals surface area (Å²) in [6.07, 6.45) is 1.66. The van der Waals surface area contributed by atoms with Gasteiger partial charge in [-0.25, -0.2) is 9.79 Å². The van der Waals surface area contributed by atoms with Crippen LogP contribution >= 0.6 is 11.8 Å². The Labute approximate surface area is 177 Å². The van der Waals surface area contributed by atoms with Gasteiger partial charge in [-0.3, -0.25) is 9.69 Å². The van der Waals surface area contributed by atoms with E-state index in [0.29, 0.717) is 34.5 Å². The molecule has 0 spiro atoms. The highest BCUT2D eigenvalue weighted by molar-refractivity contribution is 8.18. The fourth-order valence-corrected chi connectivity index (χ4v) is 3.86. The van der Waals surface area contributed by atoms with E-state index in [2.05, 4.69) is 4.99 Å². The standard InChI is InChI=1S/C21H20N2O6S/c1-3-23-19(26)18(10-12-5-8-16(25)17(9-12)29-4-2)30-21(23)22-15-7-6-13(24)11-14(15)20(27)28/h5-11,24-25H,3-4H2,1-2H3,(H,27,28)/b18-10-,22-21?. The molecule has 0 aromatic heterocycles. The van der Waals surface area contributed by atoms with Gasteiger partial charge in [0.15, 0.2) is 16.7 Å². The highest BCUT2D eigenvalue weighted by Gasteiger charge is 2.32. The Morgan fingerprint density at radius 2 is 1.97 bits per heavy atom. The van der Waals surface area contributed by atoms with Crippen LogP contribution in [-0.2, 0) is 4.79 Å². The Bertz CT molecular complexity index is 1060. The smallest absolute Gasteiger partial charge is 0.338 e. The fourth-order valence-electron chi connectivity index (χ4n) is 2.81. The summed E-state index contributed by atoms with van der Waals surface area (Å²) < 4.78 is 5.38. The summed E-state index contributed by atoms with van der Waals surface area (Å²) in [4.78, 5) is 30.5. The number of likely N-dealkylation sites (N-methyl/N-ethyl adjacent to an activating group) is 1.